The van der Waals surface area contributed by atoms with Crippen LogP contribution in [0.4, 0.5) is 0 Å². The topological polar surface area (TPSA) is 87.6 Å². The van der Waals surface area contributed by atoms with Gasteiger partial charge in [0.25, 0.3) is 5.91 Å². The monoisotopic (exact) mass is 338 g/mol. The number of primary amides is 1. The molecule has 128 valence electrons. The number of aryl methyl sites for hydroxylation is 1. The standard InChI is InChI=1S/C19H18N2O4/c1-12-16(21-19(25-12)13-6-4-3-5-7-13)11-24-17-10-14(23-2)8-9-15(17)18(20)22/h3-10H,11H2,1-2H3,(H2,20,22). The molecule has 3 aromatic rings. The Kier molecular flexibility index (Phi) is 4.70. The first-order valence-corrected chi connectivity index (χ1v) is 7.71. The zero-order chi connectivity index (χ0) is 17.8. The molecule has 0 atom stereocenters. The molecular formula is C19H18N2O4. The maximum Gasteiger partial charge on any atom is 0.252 e. The van der Waals surface area contributed by atoms with E-state index in [1.807, 2.05) is 37.3 Å². The molecule has 2 aromatic carbocycles. The second-order valence-electron chi connectivity index (χ2n) is 5.40. The fourth-order valence-corrected chi connectivity index (χ4v) is 2.36. The van der Waals surface area contributed by atoms with Gasteiger partial charge in [-0.2, -0.15) is 0 Å². The van der Waals surface area contributed by atoms with Crippen molar-refractivity contribution in [3.63, 3.8) is 0 Å². The number of benzene rings is 2. The summed E-state index contributed by atoms with van der Waals surface area (Å²) in [5, 5.41) is 0. The summed E-state index contributed by atoms with van der Waals surface area (Å²) in [5.74, 6) is 1.52. The molecule has 0 aliphatic carbocycles. The lowest BCUT2D eigenvalue weighted by molar-refractivity contribution is 0.0996. The lowest BCUT2D eigenvalue weighted by Crippen LogP contribution is -2.13. The van der Waals surface area contributed by atoms with Gasteiger partial charge in [-0.05, 0) is 31.2 Å². The van der Waals surface area contributed by atoms with E-state index in [1.54, 1.807) is 18.2 Å². The number of ether oxygens (including phenoxy) is 2. The van der Waals surface area contributed by atoms with Gasteiger partial charge in [0.05, 0.1) is 12.7 Å². The van der Waals surface area contributed by atoms with Crippen molar-refractivity contribution >= 4 is 5.91 Å². The molecule has 1 amide bonds. The summed E-state index contributed by atoms with van der Waals surface area (Å²) in [6, 6.07) is 14.4. The third kappa shape index (κ3) is 3.63. The molecular weight excluding hydrogens is 320 g/mol. The van der Waals surface area contributed by atoms with E-state index in [1.165, 1.54) is 7.11 Å². The van der Waals surface area contributed by atoms with Gasteiger partial charge in [0, 0.05) is 11.6 Å². The first-order valence-electron chi connectivity index (χ1n) is 7.71. The lowest BCUT2D eigenvalue weighted by atomic mass is 10.2. The fraction of sp³-hybridized carbons (Fsp3) is 0.158. The Morgan fingerprint density at radius 3 is 2.64 bits per heavy atom. The number of hydrogen-bond donors (Lipinski definition) is 1. The van der Waals surface area contributed by atoms with Gasteiger partial charge >= 0.3 is 0 Å². The molecule has 0 bridgehead atoms. The highest BCUT2D eigenvalue weighted by atomic mass is 16.5. The zero-order valence-electron chi connectivity index (χ0n) is 14.0. The number of methoxy groups -OCH3 is 1. The molecule has 0 radical (unpaired) electrons. The predicted octanol–water partition coefficient (Wildman–Crippen LogP) is 3.34. The van der Waals surface area contributed by atoms with Gasteiger partial charge in [-0.15, -0.1) is 0 Å². The Balaban J connectivity index is 1.83. The highest BCUT2D eigenvalue weighted by molar-refractivity contribution is 5.95. The van der Waals surface area contributed by atoms with Gasteiger partial charge in [0.1, 0.15) is 29.6 Å². The van der Waals surface area contributed by atoms with Crippen LogP contribution in [-0.2, 0) is 6.61 Å². The van der Waals surface area contributed by atoms with Crippen LogP contribution in [-0.4, -0.2) is 18.0 Å². The Bertz CT molecular complexity index is 888. The van der Waals surface area contributed by atoms with Crippen molar-refractivity contribution in [3.05, 3.63) is 65.5 Å². The van der Waals surface area contributed by atoms with Crippen molar-refractivity contribution in [1.82, 2.24) is 4.98 Å². The Morgan fingerprint density at radius 1 is 1.20 bits per heavy atom. The van der Waals surface area contributed by atoms with Crippen LogP contribution in [0, 0.1) is 6.92 Å². The summed E-state index contributed by atoms with van der Waals surface area (Å²) in [4.78, 5) is 16.0. The molecule has 1 heterocycles. The molecule has 1 aromatic heterocycles. The highest BCUT2D eigenvalue weighted by Crippen LogP contribution is 2.27. The van der Waals surface area contributed by atoms with Crippen molar-refractivity contribution in [2.75, 3.05) is 7.11 Å². The van der Waals surface area contributed by atoms with E-state index in [-0.39, 0.29) is 12.2 Å². The number of rotatable bonds is 6. The van der Waals surface area contributed by atoms with Gasteiger partial charge in [0.15, 0.2) is 0 Å². The van der Waals surface area contributed by atoms with Gasteiger partial charge in [-0.1, -0.05) is 18.2 Å². The van der Waals surface area contributed by atoms with E-state index in [0.29, 0.717) is 28.8 Å². The zero-order valence-corrected chi connectivity index (χ0v) is 14.0. The molecule has 0 aliphatic heterocycles. The molecule has 0 spiro atoms. The maximum absolute atomic E-state index is 11.6. The Morgan fingerprint density at radius 2 is 1.96 bits per heavy atom. The van der Waals surface area contributed by atoms with E-state index in [2.05, 4.69) is 4.98 Å². The number of oxazole rings is 1. The number of amides is 1. The summed E-state index contributed by atoms with van der Waals surface area (Å²) in [7, 11) is 1.54. The highest BCUT2D eigenvalue weighted by Gasteiger charge is 2.15. The number of carbonyl (C=O) groups excluding carboxylic acids is 1. The molecule has 6 heteroatoms. The predicted molar refractivity (Wildman–Crippen MR) is 92.5 cm³/mol. The number of carbonyl (C=O) groups is 1. The normalized spacial score (nSPS) is 10.5. The third-order valence-electron chi connectivity index (χ3n) is 3.73. The van der Waals surface area contributed by atoms with Gasteiger partial charge < -0.3 is 19.6 Å². The number of aromatic nitrogens is 1. The summed E-state index contributed by atoms with van der Waals surface area (Å²) in [5.41, 5.74) is 7.21. The maximum atomic E-state index is 11.6. The molecule has 0 aliphatic rings. The van der Waals surface area contributed by atoms with Crippen molar-refractivity contribution in [3.8, 4) is 23.0 Å². The molecule has 0 saturated carbocycles. The van der Waals surface area contributed by atoms with Crippen molar-refractivity contribution in [2.24, 2.45) is 5.73 Å². The minimum Gasteiger partial charge on any atom is -0.497 e. The molecule has 6 nitrogen and oxygen atoms in total. The second kappa shape index (κ2) is 7.09. The second-order valence-corrected chi connectivity index (χ2v) is 5.40. The molecule has 0 fully saturated rings. The van der Waals surface area contributed by atoms with Crippen molar-refractivity contribution in [2.45, 2.75) is 13.5 Å². The average Bonchev–Trinajstić information content (AvgIpc) is 3.01. The van der Waals surface area contributed by atoms with Crippen LogP contribution in [0.1, 0.15) is 21.8 Å². The lowest BCUT2D eigenvalue weighted by Gasteiger charge is -2.10. The quantitative estimate of drug-likeness (QED) is 0.745. The molecule has 3 rings (SSSR count). The van der Waals surface area contributed by atoms with Crippen molar-refractivity contribution in [1.29, 1.82) is 0 Å². The Labute approximate surface area is 145 Å². The first-order chi connectivity index (χ1) is 12.1. The van der Waals surface area contributed by atoms with Gasteiger partial charge in [0.2, 0.25) is 5.89 Å². The van der Waals surface area contributed by atoms with Crippen LogP contribution >= 0.6 is 0 Å². The minimum absolute atomic E-state index is 0.148. The van der Waals surface area contributed by atoms with Crippen LogP contribution < -0.4 is 15.2 Å². The number of nitrogens with two attached hydrogens (primary N) is 1. The fourth-order valence-electron chi connectivity index (χ4n) is 2.36. The van der Waals surface area contributed by atoms with E-state index < -0.39 is 5.91 Å². The largest absolute Gasteiger partial charge is 0.497 e. The molecule has 2 N–H and O–H groups in total. The van der Waals surface area contributed by atoms with Crippen LogP contribution in [0.2, 0.25) is 0 Å². The van der Waals surface area contributed by atoms with Gasteiger partial charge in [-0.25, -0.2) is 4.98 Å². The molecule has 0 unspecified atom stereocenters. The van der Waals surface area contributed by atoms with E-state index >= 15 is 0 Å². The van der Waals surface area contributed by atoms with Crippen LogP contribution in [0.25, 0.3) is 11.5 Å². The summed E-state index contributed by atoms with van der Waals surface area (Å²) >= 11 is 0. The number of hydrogen-bond acceptors (Lipinski definition) is 5. The first kappa shape index (κ1) is 16.6. The Hall–Kier alpha value is -3.28. The summed E-state index contributed by atoms with van der Waals surface area (Å²) in [6.07, 6.45) is 0. The molecule has 0 saturated heterocycles. The van der Waals surface area contributed by atoms with E-state index in [0.717, 1.165) is 5.56 Å². The van der Waals surface area contributed by atoms with Crippen molar-refractivity contribution < 1.29 is 18.7 Å². The van der Waals surface area contributed by atoms with Gasteiger partial charge in [-0.3, -0.25) is 4.79 Å². The number of nitrogens with zero attached hydrogens (tertiary/aromatic N) is 1. The van der Waals surface area contributed by atoms with Crippen LogP contribution in [0.5, 0.6) is 11.5 Å². The van der Waals surface area contributed by atoms with Crippen LogP contribution in [0.3, 0.4) is 0 Å². The van der Waals surface area contributed by atoms with E-state index in [4.69, 9.17) is 19.6 Å². The summed E-state index contributed by atoms with van der Waals surface area (Å²) in [6.45, 7) is 1.97. The van der Waals surface area contributed by atoms with E-state index in [9.17, 15) is 4.79 Å². The molecule has 25 heavy (non-hydrogen) atoms. The third-order valence-corrected chi connectivity index (χ3v) is 3.73. The SMILES string of the molecule is COc1ccc(C(N)=O)c(OCc2nc(-c3ccccc3)oc2C)c1. The minimum atomic E-state index is -0.570. The smallest absolute Gasteiger partial charge is 0.252 e. The summed E-state index contributed by atoms with van der Waals surface area (Å²) < 4.78 is 16.6. The average molecular weight is 338 g/mol. The van der Waals surface area contributed by atoms with Crippen LogP contribution in [0.15, 0.2) is 52.9 Å².